The van der Waals surface area contributed by atoms with Gasteiger partial charge in [0.2, 0.25) is 0 Å². The van der Waals surface area contributed by atoms with Crippen molar-refractivity contribution in [2.75, 3.05) is 53.5 Å². The summed E-state index contributed by atoms with van der Waals surface area (Å²) < 4.78 is 10.8. The molecule has 172 valence electrons. The summed E-state index contributed by atoms with van der Waals surface area (Å²) in [6, 6.07) is 7.08. The Labute approximate surface area is 187 Å². The van der Waals surface area contributed by atoms with Crippen molar-refractivity contribution in [3.05, 3.63) is 29.3 Å². The van der Waals surface area contributed by atoms with E-state index >= 15 is 0 Å². The molecule has 31 heavy (non-hydrogen) atoms. The van der Waals surface area contributed by atoms with E-state index < -0.39 is 0 Å². The van der Waals surface area contributed by atoms with Crippen molar-refractivity contribution < 1.29 is 14.3 Å². The number of hydrogen-bond acceptors (Lipinski definition) is 5. The van der Waals surface area contributed by atoms with E-state index in [-0.39, 0.29) is 12.1 Å². The third kappa shape index (κ3) is 5.17. The predicted octanol–water partition coefficient (Wildman–Crippen LogP) is 4.09. The van der Waals surface area contributed by atoms with Crippen LogP contribution in [0.4, 0.5) is 4.79 Å². The number of rotatable bonds is 6. The first-order valence-corrected chi connectivity index (χ1v) is 12.2. The molecule has 2 fully saturated rings. The molecule has 0 aromatic heterocycles. The maximum Gasteiger partial charge on any atom is 0.410 e. The number of nitrogens with zero attached hydrogens (tertiary/aromatic N) is 3. The minimum absolute atomic E-state index is 0.0647. The Hall–Kier alpha value is -1.79. The number of fused-ring (bicyclic) bond motifs is 1. The van der Waals surface area contributed by atoms with Crippen molar-refractivity contribution >= 4 is 6.09 Å². The van der Waals surface area contributed by atoms with Crippen molar-refractivity contribution in [3.63, 3.8) is 0 Å². The topological polar surface area (TPSA) is 45.2 Å². The fourth-order valence-corrected chi connectivity index (χ4v) is 5.84. The molecule has 1 aromatic rings. The van der Waals surface area contributed by atoms with Crippen LogP contribution >= 0.6 is 0 Å². The molecule has 0 radical (unpaired) electrons. The molecular weight excluding hydrogens is 390 g/mol. The third-order valence-electron chi connectivity index (χ3n) is 7.59. The molecule has 4 rings (SSSR count). The highest BCUT2D eigenvalue weighted by Gasteiger charge is 2.32. The van der Waals surface area contributed by atoms with Gasteiger partial charge in [0.05, 0.1) is 20.3 Å². The van der Waals surface area contributed by atoms with Crippen molar-refractivity contribution in [2.24, 2.45) is 0 Å². The molecule has 1 unspecified atom stereocenters. The van der Waals surface area contributed by atoms with Crippen molar-refractivity contribution in [2.45, 2.75) is 63.5 Å². The normalized spacial score (nSPS) is 23.2. The lowest BCUT2D eigenvalue weighted by molar-refractivity contribution is 0.0621. The SMILES string of the molecule is COC(=O)N(CCN1CCN(C2CCCCC2)CC1)C1CCCc2c(OC)cccc21. The quantitative estimate of drug-likeness (QED) is 0.682. The fourth-order valence-electron chi connectivity index (χ4n) is 5.84. The van der Waals surface area contributed by atoms with E-state index in [0.29, 0.717) is 6.54 Å². The molecule has 1 saturated heterocycles. The molecule has 0 bridgehead atoms. The van der Waals surface area contributed by atoms with E-state index in [2.05, 4.69) is 15.9 Å². The highest BCUT2D eigenvalue weighted by atomic mass is 16.5. The number of methoxy groups -OCH3 is 2. The van der Waals surface area contributed by atoms with Crippen LogP contribution in [0.1, 0.15) is 62.1 Å². The lowest BCUT2D eigenvalue weighted by atomic mass is 9.86. The van der Waals surface area contributed by atoms with Crippen LogP contribution in [0, 0.1) is 0 Å². The second-order valence-corrected chi connectivity index (χ2v) is 9.27. The Bertz CT molecular complexity index is 727. The molecular formula is C25H39N3O3. The van der Waals surface area contributed by atoms with Gasteiger partial charge in [0.1, 0.15) is 5.75 Å². The molecule has 0 spiro atoms. The van der Waals surface area contributed by atoms with Crippen LogP contribution in [-0.2, 0) is 11.2 Å². The number of piperazine rings is 1. The molecule has 2 aliphatic carbocycles. The van der Waals surface area contributed by atoms with Gasteiger partial charge < -0.3 is 9.47 Å². The van der Waals surface area contributed by atoms with Crippen molar-refractivity contribution in [3.8, 4) is 5.75 Å². The zero-order chi connectivity index (χ0) is 21.6. The largest absolute Gasteiger partial charge is 0.496 e. The van der Waals surface area contributed by atoms with Gasteiger partial charge in [0.15, 0.2) is 0 Å². The van der Waals surface area contributed by atoms with Crippen LogP contribution in [0.15, 0.2) is 18.2 Å². The second kappa shape index (κ2) is 10.7. The van der Waals surface area contributed by atoms with Gasteiger partial charge in [-0.3, -0.25) is 14.7 Å². The first kappa shape index (κ1) is 22.4. The van der Waals surface area contributed by atoms with Crippen LogP contribution in [0.3, 0.4) is 0 Å². The number of carbonyl (C=O) groups excluding carboxylic acids is 1. The third-order valence-corrected chi connectivity index (χ3v) is 7.59. The van der Waals surface area contributed by atoms with Gasteiger partial charge in [0, 0.05) is 45.3 Å². The highest BCUT2D eigenvalue weighted by molar-refractivity contribution is 5.68. The zero-order valence-corrected chi connectivity index (χ0v) is 19.4. The molecule has 1 aromatic carbocycles. The molecule has 1 heterocycles. The van der Waals surface area contributed by atoms with Crippen molar-refractivity contribution in [1.82, 2.24) is 14.7 Å². The molecule has 1 aliphatic heterocycles. The van der Waals surface area contributed by atoms with E-state index in [4.69, 9.17) is 9.47 Å². The molecule has 6 heteroatoms. The average Bonchev–Trinajstić information content (AvgIpc) is 2.84. The maximum absolute atomic E-state index is 12.8. The van der Waals surface area contributed by atoms with E-state index in [9.17, 15) is 4.79 Å². The van der Waals surface area contributed by atoms with E-state index in [1.54, 1.807) is 7.11 Å². The molecule has 1 amide bonds. The molecule has 0 N–H and O–H groups in total. The Morgan fingerprint density at radius 1 is 1.03 bits per heavy atom. The van der Waals surface area contributed by atoms with Crippen LogP contribution in [0.2, 0.25) is 0 Å². The van der Waals surface area contributed by atoms with Gasteiger partial charge in [-0.25, -0.2) is 4.79 Å². The van der Waals surface area contributed by atoms with Crippen LogP contribution in [0.25, 0.3) is 0 Å². The van der Waals surface area contributed by atoms with Crippen LogP contribution in [0.5, 0.6) is 5.75 Å². The summed E-state index contributed by atoms with van der Waals surface area (Å²) in [5.74, 6) is 0.936. The number of ether oxygens (including phenoxy) is 2. The van der Waals surface area contributed by atoms with Crippen molar-refractivity contribution in [1.29, 1.82) is 0 Å². The monoisotopic (exact) mass is 429 g/mol. The van der Waals surface area contributed by atoms with Gasteiger partial charge in [-0.1, -0.05) is 31.4 Å². The van der Waals surface area contributed by atoms with E-state index in [1.807, 2.05) is 17.0 Å². The summed E-state index contributed by atoms with van der Waals surface area (Å²) in [4.78, 5) is 19.9. The Kier molecular flexibility index (Phi) is 7.72. The van der Waals surface area contributed by atoms with Gasteiger partial charge in [-0.15, -0.1) is 0 Å². The van der Waals surface area contributed by atoms with Gasteiger partial charge in [-0.05, 0) is 49.3 Å². The highest BCUT2D eigenvalue weighted by Crippen LogP contribution is 2.38. The predicted molar refractivity (Wildman–Crippen MR) is 123 cm³/mol. The smallest absolute Gasteiger partial charge is 0.410 e. The van der Waals surface area contributed by atoms with Gasteiger partial charge in [-0.2, -0.15) is 0 Å². The standard InChI is InChI=1S/C25H39N3O3/c1-30-24-13-7-10-21-22(24)11-6-12-23(21)28(25(29)31-2)19-16-26-14-17-27(18-15-26)20-8-4-3-5-9-20/h7,10,13,20,23H,3-6,8-9,11-12,14-19H2,1-2H3. The summed E-state index contributed by atoms with van der Waals surface area (Å²) in [5.41, 5.74) is 2.47. The molecule has 1 atom stereocenters. The maximum atomic E-state index is 12.8. The Balaban J connectivity index is 1.37. The first-order valence-electron chi connectivity index (χ1n) is 12.2. The van der Waals surface area contributed by atoms with Gasteiger partial charge in [0.25, 0.3) is 0 Å². The fraction of sp³-hybridized carbons (Fsp3) is 0.720. The molecule has 3 aliphatic rings. The summed E-state index contributed by atoms with van der Waals surface area (Å²) in [6.45, 7) is 6.13. The van der Waals surface area contributed by atoms with E-state index in [1.165, 1.54) is 50.3 Å². The summed E-state index contributed by atoms with van der Waals surface area (Å²) >= 11 is 0. The van der Waals surface area contributed by atoms with Crippen LogP contribution in [-0.4, -0.2) is 80.3 Å². The lowest BCUT2D eigenvalue weighted by Gasteiger charge is -2.42. The van der Waals surface area contributed by atoms with E-state index in [0.717, 1.165) is 63.8 Å². The minimum atomic E-state index is -0.221. The Morgan fingerprint density at radius 3 is 2.52 bits per heavy atom. The Morgan fingerprint density at radius 2 is 1.81 bits per heavy atom. The first-order chi connectivity index (χ1) is 15.2. The number of amides is 1. The number of benzene rings is 1. The summed E-state index contributed by atoms with van der Waals surface area (Å²) in [7, 11) is 3.22. The molecule has 1 saturated carbocycles. The molecule has 6 nitrogen and oxygen atoms in total. The lowest BCUT2D eigenvalue weighted by Crippen LogP contribution is -2.52. The second-order valence-electron chi connectivity index (χ2n) is 9.27. The summed E-state index contributed by atoms with van der Waals surface area (Å²) in [6.07, 6.45) is 9.78. The van der Waals surface area contributed by atoms with Gasteiger partial charge >= 0.3 is 6.09 Å². The number of hydrogen-bond donors (Lipinski definition) is 0. The number of carbonyl (C=O) groups is 1. The average molecular weight is 430 g/mol. The summed E-state index contributed by atoms with van der Waals surface area (Å²) in [5, 5.41) is 0. The minimum Gasteiger partial charge on any atom is -0.496 e. The zero-order valence-electron chi connectivity index (χ0n) is 19.4. The van der Waals surface area contributed by atoms with Crippen LogP contribution < -0.4 is 4.74 Å².